The summed E-state index contributed by atoms with van der Waals surface area (Å²) < 4.78 is 1.11. The standard InChI is InChI=1S/C15H15N5S/c1-9-10(7-18-20-9)13-6-12-14(21-13)8-17-15(19-12)11-4-2-3-5-16-11/h2-3,6-8,11,16H,4-5H2,1H3,(H,18,20). The Morgan fingerprint density at radius 2 is 2.24 bits per heavy atom. The minimum atomic E-state index is 0.221. The Labute approximate surface area is 126 Å². The molecule has 0 amide bonds. The van der Waals surface area contributed by atoms with Crippen LogP contribution in [0.25, 0.3) is 20.7 Å². The van der Waals surface area contributed by atoms with Gasteiger partial charge >= 0.3 is 0 Å². The fourth-order valence-corrected chi connectivity index (χ4v) is 3.60. The highest BCUT2D eigenvalue weighted by Gasteiger charge is 2.16. The summed E-state index contributed by atoms with van der Waals surface area (Å²) in [6.07, 6.45) is 9.06. The van der Waals surface area contributed by atoms with Gasteiger partial charge in [-0.2, -0.15) is 5.10 Å². The second-order valence-corrected chi connectivity index (χ2v) is 6.25. The molecule has 106 valence electrons. The molecule has 4 rings (SSSR count). The van der Waals surface area contributed by atoms with E-state index in [0.29, 0.717) is 0 Å². The van der Waals surface area contributed by atoms with Gasteiger partial charge in [0.2, 0.25) is 0 Å². The highest BCUT2D eigenvalue weighted by molar-refractivity contribution is 7.22. The van der Waals surface area contributed by atoms with Crippen LogP contribution in [0.2, 0.25) is 0 Å². The van der Waals surface area contributed by atoms with Crippen molar-refractivity contribution in [2.24, 2.45) is 0 Å². The maximum Gasteiger partial charge on any atom is 0.146 e. The van der Waals surface area contributed by atoms with Crippen LogP contribution in [0.15, 0.2) is 30.6 Å². The van der Waals surface area contributed by atoms with Crippen molar-refractivity contribution >= 4 is 21.6 Å². The molecule has 0 spiro atoms. The third-order valence-corrected chi connectivity index (χ3v) is 4.81. The summed E-state index contributed by atoms with van der Waals surface area (Å²) in [4.78, 5) is 10.4. The Bertz CT molecular complexity index is 816. The Morgan fingerprint density at radius 3 is 3.00 bits per heavy atom. The molecule has 6 heteroatoms. The summed E-state index contributed by atoms with van der Waals surface area (Å²) in [6.45, 7) is 2.91. The van der Waals surface area contributed by atoms with Gasteiger partial charge in [0, 0.05) is 28.9 Å². The van der Waals surface area contributed by atoms with Gasteiger partial charge in [-0.15, -0.1) is 11.3 Å². The van der Waals surface area contributed by atoms with Gasteiger partial charge in [-0.3, -0.25) is 5.10 Å². The fourth-order valence-electron chi connectivity index (χ4n) is 2.56. The van der Waals surface area contributed by atoms with Gasteiger partial charge in [0.1, 0.15) is 5.82 Å². The summed E-state index contributed by atoms with van der Waals surface area (Å²) in [5.74, 6) is 0.875. The van der Waals surface area contributed by atoms with Crippen LogP contribution in [0.4, 0.5) is 0 Å². The minimum absolute atomic E-state index is 0.221. The van der Waals surface area contributed by atoms with Crippen LogP contribution in [0, 0.1) is 6.92 Å². The number of H-pyrrole nitrogens is 1. The highest BCUT2D eigenvalue weighted by Crippen LogP contribution is 2.33. The van der Waals surface area contributed by atoms with Crippen LogP contribution in [-0.4, -0.2) is 26.7 Å². The normalized spacial score (nSPS) is 18.4. The lowest BCUT2D eigenvalue weighted by molar-refractivity contribution is 0.528. The van der Waals surface area contributed by atoms with E-state index in [9.17, 15) is 0 Å². The number of thiophene rings is 1. The van der Waals surface area contributed by atoms with Gasteiger partial charge < -0.3 is 5.32 Å². The van der Waals surface area contributed by atoms with Crippen LogP contribution >= 0.6 is 11.3 Å². The molecule has 0 aromatic carbocycles. The molecular weight excluding hydrogens is 282 g/mol. The van der Waals surface area contributed by atoms with Crippen LogP contribution in [-0.2, 0) is 0 Å². The van der Waals surface area contributed by atoms with Gasteiger partial charge in [-0.1, -0.05) is 12.2 Å². The van der Waals surface area contributed by atoms with Gasteiger partial charge in [0.15, 0.2) is 0 Å². The van der Waals surface area contributed by atoms with E-state index in [4.69, 9.17) is 4.98 Å². The van der Waals surface area contributed by atoms with E-state index < -0.39 is 0 Å². The molecule has 0 saturated carbocycles. The summed E-state index contributed by atoms with van der Waals surface area (Å²) in [7, 11) is 0. The average molecular weight is 297 g/mol. The van der Waals surface area contributed by atoms with E-state index in [1.54, 1.807) is 11.3 Å². The Balaban J connectivity index is 1.75. The van der Waals surface area contributed by atoms with Crippen molar-refractivity contribution in [2.75, 3.05) is 6.54 Å². The third kappa shape index (κ3) is 2.26. The molecule has 0 fully saturated rings. The van der Waals surface area contributed by atoms with Crippen LogP contribution in [0.1, 0.15) is 24.0 Å². The molecule has 1 aliphatic rings. The zero-order valence-electron chi connectivity index (χ0n) is 11.6. The molecule has 0 aliphatic carbocycles. The molecule has 1 aliphatic heterocycles. The van der Waals surface area contributed by atoms with E-state index in [0.717, 1.165) is 40.3 Å². The first-order valence-corrected chi connectivity index (χ1v) is 7.78. The molecule has 4 heterocycles. The first kappa shape index (κ1) is 12.7. The number of aromatic amines is 1. The van der Waals surface area contributed by atoms with Crippen molar-refractivity contribution in [1.82, 2.24) is 25.5 Å². The number of aromatic nitrogens is 4. The van der Waals surface area contributed by atoms with E-state index in [2.05, 4.69) is 38.7 Å². The third-order valence-electron chi connectivity index (χ3n) is 3.72. The number of fused-ring (bicyclic) bond motifs is 1. The van der Waals surface area contributed by atoms with E-state index in [1.165, 1.54) is 4.88 Å². The molecule has 1 unspecified atom stereocenters. The summed E-state index contributed by atoms with van der Waals surface area (Å²) in [6, 6.07) is 2.35. The van der Waals surface area contributed by atoms with E-state index in [-0.39, 0.29) is 6.04 Å². The van der Waals surface area contributed by atoms with Crippen LogP contribution in [0.5, 0.6) is 0 Å². The van der Waals surface area contributed by atoms with Crippen molar-refractivity contribution in [3.63, 3.8) is 0 Å². The monoisotopic (exact) mass is 297 g/mol. The lowest BCUT2D eigenvalue weighted by Crippen LogP contribution is -2.25. The molecule has 5 nitrogen and oxygen atoms in total. The Morgan fingerprint density at radius 1 is 1.29 bits per heavy atom. The van der Waals surface area contributed by atoms with Crippen molar-refractivity contribution in [3.8, 4) is 10.4 Å². The summed E-state index contributed by atoms with van der Waals surface area (Å²) >= 11 is 1.71. The molecule has 3 aromatic heterocycles. The van der Waals surface area contributed by atoms with Crippen molar-refractivity contribution in [1.29, 1.82) is 0 Å². The molecule has 0 radical (unpaired) electrons. The quantitative estimate of drug-likeness (QED) is 0.714. The average Bonchev–Trinajstić information content (AvgIpc) is 3.12. The maximum absolute atomic E-state index is 4.73. The molecule has 3 aromatic rings. The number of hydrogen-bond donors (Lipinski definition) is 2. The second kappa shape index (κ2) is 5.05. The van der Waals surface area contributed by atoms with Gasteiger partial charge in [-0.05, 0) is 19.4 Å². The van der Waals surface area contributed by atoms with Crippen LogP contribution in [0.3, 0.4) is 0 Å². The lowest BCUT2D eigenvalue weighted by atomic mass is 10.1. The number of nitrogens with zero attached hydrogens (tertiary/aromatic N) is 3. The number of aryl methyl sites for hydroxylation is 1. The molecule has 21 heavy (non-hydrogen) atoms. The Hall–Kier alpha value is -2.05. The molecule has 0 bridgehead atoms. The van der Waals surface area contributed by atoms with Crippen LogP contribution < -0.4 is 5.32 Å². The minimum Gasteiger partial charge on any atom is -0.304 e. The van der Waals surface area contributed by atoms with Gasteiger partial charge in [-0.25, -0.2) is 9.97 Å². The number of rotatable bonds is 2. The largest absolute Gasteiger partial charge is 0.304 e. The van der Waals surface area contributed by atoms with Crippen molar-refractivity contribution in [2.45, 2.75) is 19.4 Å². The molecule has 0 saturated heterocycles. The topological polar surface area (TPSA) is 66.5 Å². The highest BCUT2D eigenvalue weighted by atomic mass is 32.1. The number of hydrogen-bond acceptors (Lipinski definition) is 5. The smallest absolute Gasteiger partial charge is 0.146 e. The maximum atomic E-state index is 4.73. The molecule has 1 atom stereocenters. The van der Waals surface area contributed by atoms with Crippen molar-refractivity contribution in [3.05, 3.63) is 42.1 Å². The first-order valence-electron chi connectivity index (χ1n) is 6.96. The zero-order valence-corrected chi connectivity index (χ0v) is 12.4. The van der Waals surface area contributed by atoms with Gasteiger partial charge in [0.05, 0.1) is 22.5 Å². The summed E-state index contributed by atoms with van der Waals surface area (Å²) in [5, 5.41) is 10.5. The number of nitrogens with one attached hydrogen (secondary N) is 2. The molecular formula is C15H15N5S. The predicted molar refractivity (Wildman–Crippen MR) is 84.2 cm³/mol. The lowest BCUT2D eigenvalue weighted by Gasteiger charge is -2.17. The summed E-state index contributed by atoms with van der Waals surface area (Å²) in [5.41, 5.74) is 3.23. The molecule has 2 N–H and O–H groups in total. The van der Waals surface area contributed by atoms with Crippen molar-refractivity contribution < 1.29 is 0 Å². The Kier molecular flexibility index (Phi) is 3.05. The second-order valence-electron chi connectivity index (χ2n) is 5.16. The zero-order chi connectivity index (χ0) is 14.2. The first-order chi connectivity index (χ1) is 10.3. The predicted octanol–water partition coefficient (Wildman–Crippen LogP) is 2.98. The fraction of sp³-hybridized carbons (Fsp3) is 0.267. The SMILES string of the molecule is Cc1[nH]ncc1-c1cc2nc(C3CC=CCN3)ncc2s1. The van der Waals surface area contributed by atoms with Gasteiger partial charge in [0.25, 0.3) is 0 Å². The van der Waals surface area contributed by atoms with E-state index in [1.807, 2.05) is 19.3 Å². The van der Waals surface area contributed by atoms with E-state index >= 15 is 0 Å².